The van der Waals surface area contributed by atoms with Crippen molar-refractivity contribution in [1.82, 2.24) is 5.32 Å². The van der Waals surface area contributed by atoms with Gasteiger partial charge in [0, 0.05) is 28.8 Å². The van der Waals surface area contributed by atoms with Crippen LogP contribution in [0.2, 0.25) is 5.02 Å². The maximum absolute atomic E-state index is 12.0. The summed E-state index contributed by atoms with van der Waals surface area (Å²) in [6.45, 7) is 3.04. The normalized spacial score (nSPS) is 15.3. The molecule has 4 rings (SSSR count). The van der Waals surface area contributed by atoms with Gasteiger partial charge in [-0.15, -0.1) is 12.4 Å². The number of sulfone groups is 1. The molecule has 0 spiro atoms. The van der Waals surface area contributed by atoms with Gasteiger partial charge in [0.1, 0.15) is 15.6 Å². The highest BCUT2D eigenvalue weighted by atomic mass is 35.5. The summed E-state index contributed by atoms with van der Waals surface area (Å²) in [5.41, 5.74) is 3.70. The van der Waals surface area contributed by atoms with Gasteiger partial charge in [0.25, 0.3) is 0 Å². The molecule has 37 heavy (non-hydrogen) atoms. The Bertz CT molecular complexity index is 1210. The van der Waals surface area contributed by atoms with Crippen molar-refractivity contribution in [3.05, 3.63) is 101 Å². The molecule has 0 bridgehead atoms. The average Bonchev–Trinajstić information content (AvgIpc) is 2.85. The molecule has 0 aromatic heterocycles. The van der Waals surface area contributed by atoms with Crippen molar-refractivity contribution in [2.24, 2.45) is 0 Å². The van der Waals surface area contributed by atoms with Crippen molar-refractivity contribution >= 4 is 33.8 Å². The third-order valence-corrected chi connectivity index (χ3v) is 9.34. The van der Waals surface area contributed by atoms with Gasteiger partial charge in [-0.25, -0.2) is 8.42 Å². The molecule has 3 aromatic rings. The van der Waals surface area contributed by atoms with Crippen molar-refractivity contribution in [3.8, 4) is 5.75 Å². The molecule has 7 heteroatoms. The third kappa shape index (κ3) is 7.73. The maximum Gasteiger partial charge on any atom is 0.150 e. The topological polar surface area (TPSA) is 55.4 Å². The van der Waals surface area contributed by atoms with Crippen LogP contribution in [-0.2, 0) is 21.8 Å². The highest BCUT2D eigenvalue weighted by Gasteiger charge is 2.46. The number of ether oxygens (including phenoxy) is 1. The minimum atomic E-state index is -2.99. The Morgan fingerprint density at radius 2 is 1.70 bits per heavy atom. The molecular formula is C30H37Cl2NO3S. The third-order valence-electron chi connectivity index (χ3n) is 7.15. The number of benzene rings is 3. The summed E-state index contributed by atoms with van der Waals surface area (Å²) in [6, 6.07) is 27.1. The molecular weight excluding hydrogens is 525 g/mol. The molecule has 1 fully saturated rings. The SMILES string of the molecule is CCCS(=O)(=O)CCCOc1cccc(C(NCc2ccccc2)C2(c3ccc(Cl)cc3)CCC2)c1.Cl. The van der Waals surface area contributed by atoms with Crippen LogP contribution in [0.4, 0.5) is 0 Å². The smallest absolute Gasteiger partial charge is 0.150 e. The predicted molar refractivity (Wildman–Crippen MR) is 156 cm³/mol. The summed E-state index contributed by atoms with van der Waals surface area (Å²) in [6.07, 6.45) is 4.53. The van der Waals surface area contributed by atoms with E-state index in [9.17, 15) is 8.42 Å². The summed E-state index contributed by atoms with van der Waals surface area (Å²) in [4.78, 5) is 0. The molecule has 0 aliphatic heterocycles. The Morgan fingerprint density at radius 3 is 2.35 bits per heavy atom. The Balaban J connectivity index is 0.00000380. The largest absolute Gasteiger partial charge is 0.494 e. The molecule has 4 nitrogen and oxygen atoms in total. The molecule has 1 N–H and O–H groups in total. The second kappa shape index (κ2) is 13.7. The maximum atomic E-state index is 12.0. The van der Waals surface area contributed by atoms with Gasteiger partial charge in [-0.05, 0) is 66.6 Å². The van der Waals surface area contributed by atoms with E-state index in [1.54, 1.807) is 0 Å². The molecule has 1 aliphatic carbocycles. The fraction of sp³-hybridized carbons (Fsp3) is 0.400. The van der Waals surface area contributed by atoms with Gasteiger partial charge < -0.3 is 10.1 Å². The van der Waals surface area contributed by atoms with E-state index < -0.39 is 9.84 Å². The summed E-state index contributed by atoms with van der Waals surface area (Å²) in [7, 11) is -2.99. The van der Waals surface area contributed by atoms with Gasteiger partial charge in [-0.3, -0.25) is 0 Å². The van der Waals surface area contributed by atoms with Gasteiger partial charge in [-0.2, -0.15) is 0 Å². The quantitative estimate of drug-likeness (QED) is 0.222. The number of hydrogen-bond donors (Lipinski definition) is 1. The fourth-order valence-corrected chi connectivity index (χ4v) is 6.71. The molecule has 1 unspecified atom stereocenters. The first-order valence-corrected chi connectivity index (χ1v) is 15.1. The Hall–Kier alpha value is -2.05. The van der Waals surface area contributed by atoms with E-state index in [1.807, 2.05) is 37.3 Å². The van der Waals surface area contributed by atoms with Crippen molar-refractivity contribution in [2.75, 3.05) is 18.1 Å². The van der Waals surface area contributed by atoms with Gasteiger partial charge in [-0.1, -0.05) is 79.5 Å². The van der Waals surface area contributed by atoms with E-state index in [-0.39, 0.29) is 35.4 Å². The van der Waals surface area contributed by atoms with Crippen LogP contribution in [0.15, 0.2) is 78.9 Å². The number of hydrogen-bond acceptors (Lipinski definition) is 4. The lowest BCUT2D eigenvalue weighted by Crippen LogP contribution is -2.46. The lowest BCUT2D eigenvalue weighted by Gasteiger charge is -2.49. The summed E-state index contributed by atoms with van der Waals surface area (Å²) >= 11 is 6.22. The summed E-state index contributed by atoms with van der Waals surface area (Å²) in [5.74, 6) is 1.18. The average molecular weight is 563 g/mol. The zero-order valence-electron chi connectivity index (χ0n) is 21.4. The van der Waals surface area contributed by atoms with Gasteiger partial charge in [0.2, 0.25) is 0 Å². The van der Waals surface area contributed by atoms with Crippen LogP contribution in [0, 0.1) is 0 Å². The zero-order valence-corrected chi connectivity index (χ0v) is 23.8. The predicted octanol–water partition coefficient (Wildman–Crippen LogP) is 7.31. The van der Waals surface area contributed by atoms with Crippen LogP contribution in [-0.4, -0.2) is 26.5 Å². The molecule has 200 valence electrons. The molecule has 1 aliphatic rings. The van der Waals surface area contributed by atoms with Crippen LogP contribution in [0.25, 0.3) is 0 Å². The minimum Gasteiger partial charge on any atom is -0.494 e. The van der Waals surface area contributed by atoms with Crippen molar-refractivity contribution in [1.29, 1.82) is 0 Å². The molecule has 0 amide bonds. The summed E-state index contributed by atoms with van der Waals surface area (Å²) < 4.78 is 30.0. The molecule has 3 aromatic carbocycles. The molecule has 1 saturated carbocycles. The molecule has 0 saturated heterocycles. The molecule has 0 heterocycles. The Morgan fingerprint density at radius 1 is 0.973 bits per heavy atom. The fourth-order valence-electron chi connectivity index (χ4n) is 5.20. The second-order valence-electron chi connectivity index (χ2n) is 9.74. The first kappa shape index (κ1) is 29.5. The van der Waals surface area contributed by atoms with E-state index in [1.165, 1.54) is 23.1 Å². The van der Waals surface area contributed by atoms with E-state index in [0.717, 1.165) is 30.2 Å². The highest BCUT2D eigenvalue weighted by molar-refractivity contribution is 7.91. The van der Waals surface area contributed by atoms with E-state index in [4.69, 9.17) is 16.3 Å². The zero-order chi connectivity index (χ0) is 25.4. The monoisotopic (exact) mass is 561 g/mol. The Labute approximate surface area is 233 Å². The standard InChI is InChI=1S/C30H36ClNO3S.ClH/c1-2-20-36(33,34)21-8-19-35-28-12-6-11-25(22-28)29(32-23-24-9-4-3-5-10-24)30(17-7-18-30)26-13-15-27(31)16-14-26;/h3-6,9-16,22,29,32H,2,7-8,17-21,23H2,1H3;1H. The number of rotatable bonds is 13. The minimum absolute atomic E-state index is 0. The van der Waals surface area contributed by atoms with E-state index >= 15 is 0 Å². The lowest BCUT2D eigenvalue weighted by molar-refractivity contribution is 0.168. The molecule has 1 atom stereocenters. The van der Waals surface area contributed by atoms with Crippen molar-refractivity contribution < 1.29 is 13.2 Å². The van der Waals surface area contributed by atoms with E-state index in [2.05, 4.69) is 53.8 Å². The molecule has 0 radical (unpaired) electrons. The van der Waals surface area contributed by atoms with Crippen molar-refractivity contribution in [2.45, 2.75) is 57.0 Å². The highest BCUT2D eigenvalue weighted by Crippen LogP contribution is 2.52. The summed E-state index contributed by atoms with van der Waals surface area (Å²) in [5, 5.41) is 4.62. The van der Waals surface area contributed by atoms with Crippen LogP contribution in [0.1, 0.15) is 61.8 Å². The van der Waals surface area contributed by atoms with Gasteiger partial charge in [0.15, 0.2) is 0 Å². The Kier molecular flexibility index (Phi) is 10.9. The van der Waals surface area contributed by atoms with Crippen LogP contribution >= 0.6 is 24.0 Å². The number of nitrogens with one attached hydrogen (secondary N) is 1. The van der Waals surface area contributed by atoms with Crippen LogP contribution in [0.3, 0.4) is 0 Å². The van der Waals surface area contributed by atoms with Crippen molar-refractivity contribution in [3.63, 3.8) is 0 Å². The number of halogens is 2. The van der Waals surface area contributed by atoms with Crippen LogP contribution < -0.4 is 10.1 Å². The van der Waals surface area contributed by atoms with Crippen LogP contribution in [0.5, 0.6) is 5.75 Å². The first-order valence-electron chi connectivity index (χ1n) is 12.9. The second-order valence-corrected chi connectivity index (χ2v) is 12.5. The lowest BCUT2D eigenvalue weighted by atomic mass is 9.58. The first-order chi connectivity index (χ1) is 17.4. The van der Waals surface area contributed by atoms with Gasteiger partial charge in [0.05, 0.1) is 12.4 Å². The van der Waals surface area contributed by atoms with Gasteiger partial charge >= 0.3 is 0 Å². The van der Waals surface area contributed by atoms with E-state index in [0.29, 0.717) is 19.4 Å².